The fourth-order valence-electron chi connectivity index (χ4n) is 2.15. The van der Waals surface area contributed by atoms with E-state index in [2.05, 4.69) is 15.9 Å². The van der Waals surface area contributed by atoms with Crippen LogP contribution in [0.4, 0.5) is 8.78 Å². The summed E-state index contributed by atoms with van der Waals surface area (Å²) in [5.41, 5.74) is 1.34. The third-order valence-corrected chi connectivity index (χ3v) is 3.68. The van der Waals surface area contributed by atoms with Gasteiger partial charge in [-0.1, -0.05) is 34.1 Å². The summed E-state index contributed by atoms with van der Waals surface area (Å²) in [6.45, 7) is 0. The van der Waals surface area contributed by atoms with E-state index >= 15 is 0 Å². The second-order valence-corrected chi connectivity index (χ2v) is 5.74. The van der Waals surface area contributed by atoms with Crippen LogP contribution in [0.1, 0.15) is 11.1 Å². The lowest BCUT2D eigenvalue weighted by Crippen LogP contribution is -2.19. The number of hydrogen-bond donors (Lipinski definition) is 1. The predicted octanol–water partition coefficient (Wildman–Crippen LogP) is 4.21. The number of rotatable bonds is 5. The van der Waals surface area contributed by atoms with Crippen LogP contribution in [0.5, 0.6) is 0 Å². The molecule has 1 atom stereocenters. The van der Waals surface area contributed by atoms with Crippen LogP contribution >= 0.6 is 15.9 Å². The molecule has 0 saturated heterocycles. The van der Waals surface area contributed by atoms with E-state index in [0.29, 0.717) is 12.0 Å². The average Bonchev–Trinajstić information content (AvgIpc) is 2.42. The molecule has 0 aliphatic rings. The van der Waals surface area contributed by atoms with Gasteiger partial charge in [0.15, 0.2) is 11.6 Å². The van der Waals surface area contributed by atoms with Crippen molar-refractivity contribution in [2.45, 2.75) is 12.8 Å². The first-order valence-corrected chi connectivity index (χ1v) is 7.16. The molecule has 0 aromatic heterocycles. The fourth-order valence-corrected chi connectivity index (χ4v) is 2.59. The maximum absolute atomic E-state index is 13.2. The zero-order valence-corrected chi connectivity index (χ0v) is 12.6. The van der Waals surface area contributed by atoms with E-state index in [1.54, 1.807) is 0 Å². The Bertz CT molecular complexity index is 658. The Labute approximate surface area is 129 Å². The summed E-state index contributed by atoms with van der Waals surface area (Å²) in [6, 6.07) is 10.8. The maximum Gasteiger partial charge on any atom is 0.307 e. The summed E-state index contributed by atoms with van der Waals surface area (Å²) < 4.78 is 26.9. The lowest BCUT2D eigenvalue weighted by molar-refractivity contribution is -0.141. The maximum atomic E-state index is 13.2. The highest BCUT2D eigenvalue weighted by molar-refractivity contribution is 9.10. The van der Waals surface area contributed by atoms with Gasteiger partial charge in [0.2, 0.25) is 0 Å². The first-order valence-electron chi connectivity index (χ1n) is 6.37. The van der Waals surface area contributed by atoms with Gasteiger partial charge in [-0.05, 0) is 48.2 Å². The van der Waals surface area contributed by atoms with Crippen molar-refractivity contribution in [2.75, 3.05) is 0 Å². The van der Waals surface area contributed by atoms with Gasteiger partial charge >= 0.3 is 5.97 Å². The minimum Gasteiger partial charge on any atom is -0.481 e. The summed E-state index contributed by atoms with van der Waals surface area (Å²) in [7, 11) is 0. The van der Waals surface area contributed by atoms with Gasteiger partial charge in [0, 0.05) is 4.47 Å². The molecule has 0 saturated carbocycles. The van der Waals surface area contributed by atoms with Crippen molar-refractivity contribution in [1.82, 2.24) is 0 Å². The van der Waals surface area contributed by atoms with Crippen molar-refractivity contribution >= 4 is 21.9 Å². The number of halogens is 3. The largest absolute Gasteiger partial charge is 0.481 e. The lowest BCUT2D eigenvalue weighted by Gasteiger charge is -2.13. The zero-order chi connectivity index (χ0) is 15.4. The highest BCUT2D eigenvalue weighted by atomic mass is 79.9. The Hall–Kier alpha value is -1.75. The number of benzene rings is 2. The molecule has 5 heteroatoms. The number of carboxylic acids is 1. The number of carboxylic acid groups (broad SMARTS) is 1. The van der Waals surface area contributed by atoms with E-state index in [4.69, 9.17) is 0 Å². The van der Waals surface area contributed by atoms with Crippen molar-refractivity contribution in [1.29, 1.82) is 0 Å². The Kier molecular flexibility index (Phi) is 5.07. The average molecular weight is 355 g/mol. The normalized spacial score (nSPS) is 12.1. The van der Waals surface area contributed by atoms with Crippen molar-refractivity contribution in [3.05, 3.63) is 69.7 Å². The second-order valence-electron chi connectivity index (χ2n) is 4.82. The Morgan fingerprint density at radius 2 is 1.71 bits per heavy atom. The monoisotopic (exact) mass is 354 g/mol. The van der Waals surface area contributed by atoms with Crippen LogP contribution in [0.15, 0.2) is 46.9 Å². The summed E-state index contributed by atoms with van der Waals surface area (Å²) in [4.78, 5) is 11.4. The molecule has 1 N–H and O–H groups in total. The molecule has 0 spiro atoms. The molecule has 110 valence electrons. The van der Waals surface area contributed by atoms with Gasteiger partial charge in [0.25, 0.3) is 0 Å². The van der Waals surface area contributed by atoms with Crippen LogP contribution in [-0.2, 0) is 17.6 Å². The van der Waals surface area contributed by atoms with Gasteiger partial charge in [-0.15, -0.1) is 0 Å². The third kappa shape index (κ3) is 4.36. The Balaban J connectivity index is 2.15. The van der Waals surface area contributed by atoms with Crippen LogP contribution < -0.4 is 0 Å². The molecule has 2 aromatic carbocycles. The molecule has 0 fully saturated rings. The van der Waals surface area contributed by atoms with Gasteiger partial charge in [-0.2, -0.15) is 0 Å². The molecule has 1 unspecified atom stereocenters. The van der Waals surface area contributed by atoms with Crippen molar-refractivity contribution in [3.63, 3.8) is 0 Å². The van der Waals surface area contributed by atoms with E-state index in [1.807, 2.05) is 24.3 Å². The first kappa shape index (κ1) is 15.6. The predicted molar refractivity (Wildman–Crippen MR) is 79.0 cm³/mol. The van der Waals surface area contributed by atoms with Crippen molar-refractivity contribution in [3.8, 4) is 0 Å². The fraction of sp³-hybridized carbons (Fsp3) is 0.188. The van der Waals surface area contributed by atoms with Crippen LogP contribution in [0, 0.1) is 17.6 Å². The summed E-state index contributed by atoms with van der Waals surface area (Å²) in [5, 5.41) is 9.31. The molecule has 0 radical (unpaired) electrons. The molecule has 21 heavy (non-hydrogen) atoms. The molecule has 0 bridgehead atoms. The van der Waals surface area contributed by atoms with E-state index in [1.165, 1.54) is 6.07 Å². The van der Waals surface area contributed by atoms with Crippen LogP contribution in [-0.4, -0.2) is 11.1 Å². The number of carbonyl (C=O) groups is 1. The summed E-state index contributed by atoms with van der Waals surface area (Å²) in [6.07, 6.45) is 0.479. The first-order chi connectivity index (χ1) is 9.95. The molecule has 2 nitrogen and oxygen atoms in total. The van der Waals surface area contributed by atoms with Crippen molar-refractivity contribution in [2.24, 2.45) is 5.92 Å². The molecule has 0 aliphatic carbocycles. The lowest BCUT2D eigenvalue weighted by atomic mass is 9.92. The summed E-state index contributed by atoms with van der Waals surface area (Å²) in [5.74, 6) is -3.54. The van der Waals surface area contributed by atoms with Crippen LogP contribution in [0.2, 0.25) is 0 Å². The zero-order valence-electron chi connectivity index (χ0n) is 11.0. The second kappa shape index (κ2) is 6.80. The SMILES string of the molecule is O=C(O)C(Cc1cccc(Br)c1)Cc1ccc(F)c(F)c1. The number of aliphatic carboxylic acids is 1. The van der Waals surface area contributed by atoms with Crippen LogP contribution in [0.3, 0.4) is 0 Å². The number of hydrogen-bond acceptors (Lipinski definition) is 1. The molecule has 0 heterocycles. The van der Waals surface area contributed by atoms with E-state index in [9.17, 15) is 18.7 Å². The molecular weight excluding hydrogens is 342 g/mol. The Morgan fingerprint density at radius 1 is 1.05 bits per heavy atom. The van der Waals surface area contributed by atoms with E-state index in [-0.39, 0.29) is 6.42 Å². The molecule has 2 aromatic rings. The summed E-state index contributed by atoms with van der Waals surface area (Å²) >= 11 is 3.33. The molecular formula is C16H13BrF2O2. The van der Waals surface area contributed by atoms with E-state index in [0.717, 1.165) is 22.2 Å². The molecule has 2 rings (SSSR count). The standard InChI is InChI=1S/C16H13BrF2O2/c17-13-3-1-2-10(8-13)6-12(16(20)21)7-11-4-5-14(18)15(19)9-11/h1-5,8-9,12H,6-7H2,(H,20,21). The molecule has 0 aliphatic heterocycles. The van der Waals surface area contributed by atoms with Gasteiger partial charge < -0.3 is 5.11 Å². The Morgan fingerprint density at radius 3 is 2.29 bits per heavy atom. The quantitative estimate of drug-likeness (QED) is 0.872. The smallest absolute Gasteiger partial charge is 0.307 e. The van der Waals surface area contributed by atoms with Crippen molar-refractivity contribution < 1.29 is 18.7 Å². The van der Waals surface area contributed by atoms with Crippen LogP contribution in [0.25, 0.3) is 0 Å². The van der Waals surface area contributed by atoms with Gasteiger partial charge in [-0.3, -0.25) is 4.79 Å². The minimum absolute atomic E-state index is 0.152. The van der Waals surface area contributed by atoms with E-state index < -0.39 is 23.5 Å². The highest BCUT2D eigenvalue weighted by Crippen LogP contribution is 2.19. The van der Waals surface area contributed by atoms with Gasteiger partial charge in [0.05, 0.1) is 5.92 Å². The third-order valence-electron chi connectivity index (χ3n) is 3.19. The molecule has 0 amide bonds. The van der Waals surface area contributed by atoms with Gasteiger partial charge in [0.1, 0.15) is 0 Å². The van der Waals surface area contributed by atoms with Gasteiger partial charge in [-0.25, -0.2) is 8.78 Å². The highest BCUT2D eigenvalue weighted by Gasteiger charge is 2.19. The minimum atomic E-state index is -0.959. The topological polar surface area (TPSA) is 37.3 Å².